The molecule has 0 atom stereocenters. The molecule has 8 nitrogen and oxygen atoms in total. The first-order valence-corrected chi connectivity index (χ1v) is 8.02. The van der Waals surface area contributed by atoms with E-state index in [0.29, 0.717) is 28.5 Å². The van der Waals surface area contributed by atoms with Crippen molar-refractivity contribution in [1.29, 1.82) is 0 Å². The number of amides is 4. The molecule has 2 aromatic carbocycles. The number of nitrogens with zero attached hydrogens (tertiary/aromatic N) is 1. The summed E-state index contributed by atoms with van der Waals surface area (Å²) in [5.74, 6) is 0.220. The van der Waals surface area contributed by atoms with Gasteiger partial charge in [0, 0.05) is 0 Å². The highest BCUT2D eigenvalue weighted by Crippen LogP contribution is 2.33. The quantitative estimate of drug-likeness (QED) is 0.660. The predicted molar refractivity (Wildman–Crippen MR) is 94.6 cm³/mol. The molecule has 8 heteroatoms. The van der Waals surface area contributed by atoms with Crippen LogP contribution in [0.5, 0.6) is 17.2 Å². The lowest BCUT2D eigenvalue weighted by Gasteiger charge is -2.26. The van der Waals surface area contributed by atoms with E-state index in [0.717, 1.165) is 4.90 Å². The number of hydrogen-bond acceptors (Lipinski definition) is 6. The van der Waals surface area contributed by atoms with Crippen LogP contribution in [0.1, 0.15) is 5.56 Å². The van der Waals surface area contributed by atoms with Crippen molar-refractivity contribution >= 4 is 29.6 Å². The minimum absolute atomic E-state index is 0.120. The number of anilines is 1. The van der Waals surface area contributed by atoms with E-state index in [1.54, 1.807) is 42.5 Å². The van der Waals surface area contributed by atoms with Crippen molar-refractivity contribution in [3.63, 3.8) is 0 Å². The maximum absolute atomic E-state index is 12.8. The van der Waals surface area contributed by atoms with Crippen molar-refractivity contribution in [2.75, 3.05) is 18.8 Å². The second kappa shape index (κ2) is 6.49. The number of benzene rings is 2. The van der Waals surface area contributed by atoms with E-state index in [2.05, 4.69) is 5.32 Å². The summed E-state index contributed by atoms with van der Waals surface area (Å²) >= 11 is 0. The molecule has 0 saturated carbocycles. The normalized spacial score (nSPS) is 17.3. The van der Waals surface area contributed by atoms with Gasteiger partial charge in [0.15, 0.2) is 11.5 Å². The molecule has 0 radical (unpaired) electrons. The summed E-state index contributed by atoms with van der Waals surface area (Å²) in [4.78, 5) is 38.1. The SMILES string of the molecule is COc1ccc(N2C(=O)NC(=O)C(=Cc3ccc4c(c3)OCO4)C2=O)cc1. The van der Waals surface area contributed by atoms with E-state index < -0.39 is 17.8 Å². The zero-order chi connectivity index (χ0) is 19.0. The topological polar surface area (TPSA) is 94.2 Å². The van der Waals surface area contributed by atoms with Gasteiger partial charge in [-0.25, -0.2) is 9.69 Å². The summed E-state index contributed by atoms with van der Waals surface area (Å²) in [6.07, 6.45) is 1.41. The highest BCUT2D eigenvalue weighted by Gasteiger charge is 2.36. The third kappa shape index (κ3) is 2.97. The van der Waals surface area contributed by atoms with Crippen LogP contribution in [0.4, 0.5) is 10.5 Å². The summed E-state index contributed by atoms with van der Waals surface area (Å²) in [7, 11) is 1.51. The number of imide groups is 2. The summed E-state index contributed by atoms with van der Waals surface area (Å²) in [6.45, 7) is 0.120. The van der Waals surface area contributed by atoms with Crippen molar-refractivity contribution in [2.45, 2.75) is 0 Å². The fraction of sp³-hybridized carbons (Fsp3) is 0.105. The molecule has 27 heavy (non-hydrogen) atoms. The van der Waals surface area contributed by atoms with Gasteiger partial charge in [-0.3, -0.25) is 14.9 Å². The van der Waals surface area contributed by atoms with E-state index in [1.165, 1.54) is 13.2 Å². The minimum atomic E-state index is -0.807. The van der Waals surface area contributed by atoms with Crippen LogP contribution in [-0.2, 0) is 9.59 Å². The Morgan fingerprint density at radius 1 is 1.04 bits per heavy atom. The smallest absolute Gasteiger partial charge is 0.335 e. The van der Waals surface area contributed by atoms with Crippen LogP contribution in [0.3, 0.4) is 0 Å². The molecule has 0 spiro atoms. The molecular formula is C19H14N2O6. The molecule has 2 heterocycles. The molecule has 0 aliphatic carbocycles. The molecule has 2 aromatic rings. The van der Waals surface area contributed by atoms with Crippen molar-refractivity contribution in [1.82, 2.24) is 5.32 Å². The predicted octanol–water partition coefficient (Wildman–Crippen LogP) is 2.09. The lowest BCUT2D eigenvalue weighted by molar-refractivity contribution is -0.122. The van der Waals surface area contributed by atoms with E-state index >= 15 is 0 Å². The highest BCUT2D eigenvalue weighted by atomic mass is 16.7. The van der Waals surface area contributed by atoms with Crippen molar-refractivity contribution in [2.24, 2.45) is 0 Å². The summed E-state index contributed by atoms with van der Waals surface area (Å²) in [5, 5.41) is 2.18. The fourth-order valence-corrected chi connectivity index (χ4v) is 2.79. The monoisotopic (exact) mass is 366 g/mol. The summed E-state index contributed by atoms with van der Waals surface area (Å²) < 4.78 is 15.6. The lowest BCUT2D eigenvalue weighted by Crippen LogP contribution is -2.54. The van der Waals surface area contributed by atoms with Crippen LogP contribution in [-0.4, -0.2) is 31.7 Å². The number of rotatable bonds is 3. The molecule has 4 amide bonds. The van der Waals surface area contributed by atoms with E-state index in [1.807, 2.05) is 0 Å². The third-order valence-electron chi connectivity index (χ3n) is 4.14. The van der Waals surface area contributed by atoms with Gasteiger partial charge in [-0.15, -0.1) is 0 Å². The van der Waals surface area contributed by atoms with Crippen molar-refractivity contribution in [3.8, 4) is 17.2 Å². The number of methoxy groups -OCH3 is 1. The van der Waals surface area contributed by atoms with Crippen LogP contribution < -0.4 is 24.4 Å². The third-order valence-corrected chi connectivity index (χ3v) is 4.14. The number of urea groups is 1. The average Bonchev–Trinajstić information content (AvgIpc) is 3.13. The Kier molecular flexibility index (Phi) is 4.00. The van der Waals surface area contributed by atoms with Gasteiger partial charge in [-0.2, -0.15) is 0 Å². The maximum Gasteiger partial charge on any atom is 0.335 e. The van der Waals surface area contributed by atoms with Gasteiger partial charge in [-0.1, -0.05) is 6.07 Å². The first-order valence-electron chi connectivity index (χ1n) is 8.02. The minimum Gasteiger partial charge on any atom is -0.497 e. The Morgan fingerprint density at radius 2 is 1.78 bits per heavy atom. The summed E-state index contributed by atoms with van der Waals surface area (Å²) in [6, 6.07) is 10.6. The second-order valence-corrected chi connectivity index (χ2v) is 5.77. The summed E-state index contributed by atoms with van der Waals surface area (Å²) in [5.41, 5.74) is 0.730. The zero-order valence-electron chi connectivity index (χ0n) is 14.2. The van der Waals surface area contributed by atoms with Gasteiger partial charge < -0.3 is 14.2 Å². The van der Waals surface area contributed by atoms with Gasteiger partial charge >= 0.3 is 6.03 Å². The standard InChI is InChI=1S/C19H14N2O6/c1-25-13-5-3-12(4-6-13)21-18(23)14(17(22)20-19(21)24)8-11-2-7-15-16(9-11)27-10-26-15/h2-9H,10H2,1H3,(H,20,22,24). The number of hydrogen-bond donors (Lipinski definition) is 1. The maximum atomic E-state index is 12.8. The molecule has 2 aliphatic rings. The molecular weight excluding hydrogens is 352 g/mol. The van der Waals surface area contributed by atoms with Gasteiger partial charge in [0.1, 0.15) is 11.3 Å². The number of fused-ring (bicyclic) bond motifs is 1. The molecule has 4 rings (SSSR count). The molecule has 0 aromatic heterocycles. The van der Waals surface area contributed by atoms with Gasteiger partial charge in [-0.05, 0) is 48.0 Å². The van der Waals surface area contributed by atoms with E-state index in [4.69, 9.17) is 14.2 Å². The second-order valence-electron chi connectivity index (χ2n) is 5.77. The fourth-order valence-electron chi connectivity index (χ4n) is 2.79. The Bertz CT molecular complexity index is 980. The Hall–Kier alpha value is -3.81. The number of carbonyl (C=O) groups excluding carboxylic acids is 3. The van der Waals surface area contributed by atoms with Crippen LogP contribution >= 0.6 is 0 Å². The molecule has 2 aliphatic heterocycles. The number of ether oxygens (including phenoxy) is 3. The largest absolute Gasteiger partial charge is 0.497 e. The average molecular weight is 366 g/mol. The molecule has 1 fully saturated rings. The van der Waals surface area contributed by atoms with Crippen molar-refractivity contribution in [3.05, 3.63) is 53.6 Å². The van der Waals surface area contributed by atoms with Crippen LogP contribution in [0, 0.1) is 0 Å². The highest BCUT2D eigenvalue weighted by molar-refractivity contribution is 6.39. The van der Waals surface area contributed by atoms with E-state index in [9.17, 15) is 14.4 Å². The van der Waals surface area contributed by atoms with Crippen molar-refractivity contribution < 1.29 is 28.6 Å². The zero-order valence-corrected chi connectivity index (χ0v) is 14.2. The molecule has 0 unspecified atom stereocenters. The van der Waals surface area contributed by atoms with Gasteiger partial charge in [0.2, 0.25) is 6.79 Å². The molecule has 1 N–H and O–H groups in total. The number of barbiturate groups is 1. The van der Waals surface area contributed by atoms with E-state index in [-0.39, 0.29) is 12.4 Å². The van der Waals surface area contributed by atoms with Gasteiger partial charge in [0.25, 0.3) is 11.8 Å². The van der Waals surface area contributed by atoms with Crippen LogP contribution in [0.2, 0.25) is 0 Å². The Balaban J connectivity index is 1.69. The Labute approximate surface area is 153 Å². The first kappa shape index (κ1) is 16.6. The lowest BCUT2D eigenvalue weighted by atomic mass is 10.1. The van der Waals surface area contributed by atoms with Crippen LogP contribution in [0.15, 0.2) is 48.0 Å². The Morgan fingerprint density at radius 3 is 2.52 bits per heavy atom. The molecule has 0 bridgehead atoms. The molecule has 136 valence electrons. The molecule has 1 saturated heterocycles. The van der Waals surface area contributed by atoms with Gasteiger partial charge in [0.05, 0.1) is 12.8 Å². The number of nitrogens with one attached hydrogen (secondary N) is 1. The number of carbonyl (C=O) groups is 3. The van der Waals surface area contributed by atoms with Crippen LogP contribution in [0.25, 0.3) is 6.08 Å². The first-order chi connectivity index (χ1) is 13.1.